The van der Waals surface area contributed by atoms with Gasteiger partial charge < -0.3 is 9.88 Å². The summed E-state index contributed by atoms with van der Waals surface area (Å²) in [5, 5.41) is 5.02. The number of rotatable bonds is 4. The van der Waals surface area contributed by atoms with E-state index in [2.05, 4.69) is 89.4 Å². The summed E-state index contributed by atoms with van der Waals surface area (Å²) in [6.07, 6.45) is 3.77. The molecule has 1 aliphatic heterocycles. The highest BCUT2D eigenvalue weighted by Gasteiger charge is 2.26. The molecule has 2 atom stereocenters. The second-order valence-corrected chi connectivity index (χ2v) is 7.08. The Morgan fingerprint density at radius 1 is 1.08 bits per heavy atom. The molecule has 0 amide bonds. The molecule has 0 radical (unpaired) electrons. The molecule has 2 aromatic carbocycles. The predicted molar refractivity (Wildman–Crippen MR) is 105 cm³/mol. The van der Waals surface area contributed by atoms with Gasteiger partial charge in [0.15, 0.2) is 0 Å². The number of fused-ring (bicyclic) bond motifs is 1. The average Bonchev–Trinajstić information content (AvgIpc) is 3.07. The molecule has 130 valence electrons. The first kappa shape index (κ1) is 16.4. The molecule has 25 heavy (non-hydrogen) atoms. The van der Waals surface area contributed by atoms with Crippen LogP contribution in [0, 0.1) is 6.92 Å². The van der Waals surface area contributed by atoms with E-state index in [1.54, 1.807) is 0 Å². The molecule has 0 spiro atoms. The summed E-state index contributed by atoms with van der Waals surface area (Å²) in [6.45, 7) is 7.62. The molecule has 0 bridgehead atoms. The first-order chi connectivity index (χ1) is 12.3. The van der Waals surface area contributed by atoms with Gasteiger partial charge in [0, 0.05) is 37.4 Å². The van der Waals surface area contributed by atoms with Gasteiger partial charge in [-0.1, -0.05) is 55.0 Å². The van der Waals surface area contributed by atoms with E-state index >= 15 is 0 Å². The predicted octanol–water partition coefficient (Wildman–Crippen LogP) is 4.50. The zero-order valence-corrected chi connectivity index (χ0v) is 15.2. The average molecular weight is 333 g/mol. The van der Waals surface area contributed by atoms with Crippen LogP contribution in [-0.4, -0.2) is 29.1 Å². The number of hydrogen-bond acceptors (Lipinski definition) is 2. The molecule has 3 heteroatoms. The van der Waals surface area contributed by atoms with Gasteiger partial charge in [0.1, 0.15) is 0 Å². The van der Waals surface area contributed by atoms with Gasteiger partial charge in [-0.3, -0.25) is 4.90 Å². The Morgan fingerprint density at radius 2 is 1.88 bits per heavy atom. The molecule has 2 unspecified atom stereocenters. The zero-order chi connectivity index (χ0) is 17.2. The zero-order valence-electron chi connectivity index (χ0n) is 15.2. The third kappa shape index (κ3) is 3.22. The number of nitrogens with zero attached hydrogens (tertiary/aromatic N) is 2. The summed E-state index contributed by atoms with van der Waals surface area (Å²) in [6, 6.07) is 20.3. The monoisotopic (exact) mass is 333 g/mol. The molecular weight excluding hydrogens is 306 g/mol. The van der Waals surface area contributed by atoms with Gasteiger partial charge >= 0.3 is 0 Å². The maximum atomic E-state index is 3.70. The van der Waals surface area contributed by atoms with Gasteiger partial charge in [-0.15, -0.1) is 0 Å². The van der Waals surface area contributed by atoms with Crippen LogP contribution in [0.15, 0.2) is 60.8 Å². The van der Waals surface area contributed by atoms with E-state index in [1.807, 2.05) is 0 Å². The molecule has 2 heterocycles. The molecule has 1 N–H and O–H groups in total. The van der Waals surface area contributed by atoms with E-state index in [0.29, 0.717) is 12.2 Å². The van der Waals surface area contributed by atoms with Gasteiger partial charge in [-0.25, -0.2) is 0 Å². The third-order valence-electron chi connectivity index (χ3n) is 5.42. The molecule has 4 rings (SSSR count). The highest BCUT2D eigenvalue weighted by molar-refractivity contribution is 5.80. The number of aromatic nitrogens is 1. The molecule has 3 nitrogen and oxygen atoms in total. The van der Waals surface area contributed by atoms with Crippen molar-refractivity contribution in [1.82, 2.24) is 14.8 Å². The van der Waals surface area contributed by atoms with Gasteiger partial charge in [0.2, 0.25) is 0 Å². The lowest BCUT2D eigenvalue weighted by atomic mass is 10.0. The second-order valence-electron chi connectivity index (χ2n) is 7.08. The summed E-state index contributed by atoms with van der Waals surface area (Å²) in [5.74, 6) is 0. The number of hydrogen-bond donors (Lipinski definition) is 1. The number of piperazine rings is 1. The van der Waals surface area contributed by atoms with Gasteiger partial charge in [-0.2, -0.15) is 0 Å². The smallest absolute Gasteiger partial charge is 0.0862 e. The Kier molecular flexibility index (Phi) is 4.60. The summed E-state index contributed by atoms with van der Waals surface area (Å²) in [5.41, 5.74) is 4.05. The van der Waals surface area contributed by atoms with Crippen LogP contribution in [0.5, 0.6) is 0 Å². The molecule has 1 aromatic heterocycles. The summed E-state index contributed by atoms with van der Waals surface area (Å²) in [7, 11) is 0. The lowest BCUT2D eigenvalue weighted by molar-refractivity contribution is 0.0981. The minimum Gasteiger partial charge on any atom is -0.331 e. The lowest BCUT2D eigenvalue weighted by Gasteiger charge is -2.39. The van der Waals surface area contributed by atoms with Crippen molar-refractivity contribution in [2.45, 2.75) is 32.5 Å². The van der Waals surface area contributed by atoms with Crippen LogP contribution >= 0.6 is 0 Å². The van der Waals surface area contributed by atoms with Gasteiger partial charge in [0.25, 0.3) is 0 Å². The van der Waals surface area contributed by atoms with E-state index in [9.17, 15) is 0 Å². The molecule has 1 saturated heterocycles. The Morgan fingerprint density at radius 3 is 2.68 bits per heavy atom. The number of nitrogens with one attached hydrogen (secondary N) is 1. The van der Waals surface area contributed by atoms with Crippen molar-refractivity contribution < 1.29 is 0 Å². The topological polar surface area (TPSA) is 20.2 Å². The van der Waals surface area contributed by atoms with Crippen molar-refractivity contribution in [2.24, 2.45) is 0 Å². The van der Waals surface area contributed by atoms with Gasteiger partial charge in [-0.05, 0) is 36.4 Å². The molecular formula is C22H27N3. The Balaban J connectivity index is 1.59. The molecule has 0 aliphatic carbocycles. The van der Waals surface area contributed by atoms with E-state index in [4.69, 9.17) is 0 Å². The lowest BCUT2D eigenvalue weighted by Crippen LogP contribution is -2.48. The van der Waals surface area contributed by atoms with E-state index in [-0.39, 0.29) is 0 Å². The van der Waals surface area contributed by atoms with Gasteiger partial charge in [0.05, 0.1) is 6.17 Å². The second kappa shape index (κ2) is 7.03. The van der Waals surface area contributed by atoms with E-state index in [1.165, 1.54) is 22.0 Å². The van der Waals surface area contributed by atoms with Crippen LogP contribution < -0.4 is 5.32 Å². The normalized spacial score (nSPS) is 20.0. The molecule has 1 aliphatic rings. The van der Waals surface area contributed by atoms with Crippen molar-refractivity contribution in [2.75, 3.05) is 19.6 Å². The molecule has 3 aromatic rings. The highest BCUT2D eigenvalue weighted by atomic mass is 15.3. The number of aryl methyl sites for hydroxylation is 1. The van der Waals surface area contributed by atoms with Crippen LogP contribution in [-0.2, 0) is 0 Å². The molecule has 1 fully saturated rings. The highest BCUT2D eigenvalue weighted by Crippen LogP contribution is 2.28. The fourth-order valence-corrected chi connectivity index (χ4v) is 4.06. The van der Waals surface area contributed by atoms with Crippen molar-refractivity contribution >= 4 is 10.9 Å². The first-order valence-corrected chi connectivity index (χ1v) is 9.36. The van der Waals surface area contributed by atoms with Crippen LogP contribution in [0.3, 0.4) is 0 Å². The Hall–Kier alpha value is -2.10. The maximum Gasteiger partial charge on any atom is 0.0862 e. The van der Waals surface area contributed by atoms with Crippen molar-refractivity contribution in [1.29, 1.82) is 0 Å². The van der Waals surface area contributed by atoms with Crippen molar-refractivity contribution in [3.05, 3.63) is 71.9 Å². The Labute approximate surface area is 150 Å². The minimum atomic E-state index is 0.408. The minimum absolute atomic E-state index is 0.408. The first-order valence-electron chi connectivity index (χ1n) is 9.36. The standard InChI is InChI=1S/C22H27N3/c1-3-22(25-14-12-19-6-4-5-7-21(19)25)24-15-13-23-20(16-24)18-10-8-17(2)9-11-18/h4-12,14,20,22-23H,3,13,15-16H2,1-2H3. The fourth-order valence-electron chi connectivity index (χ4n) is 4.06. The molecule has 0 saturated carbocycles. The quantitative estimate of drug-likeness (QED) is 0.758. The van der Waals surface area contributed by atoms with E-state index in [0.717, 1.165) is 26.1 Å². The number of benzene rings is 2. The fraction of sp³-hybridized carbons (Fsp3) is 0.364. The maximum absolute atomic E-state index is 3.70. The van der Waals surface area contributed by atoms with Crippen molar-refractivity contribution in [3.8, 4) is 0 Å². The summed E-state index contributed by atoms with van der Waals surface area (Å²) >= 11 is 0. The van der Waals surface area contributed by atoms with Crippen molar-refractivity contribution in [3.63, 3.8) is 0 Å². The van der Waals surface area contributed by atoms with Crippen LogP contribution in [0.4, 0.5) is 0 Å². The van der Waals surface area contributed by atoms with Crippen LogP contribution in [0.2, 0.25) is 0 Å². The summed E-state index contributed by atoms with van der Waals surface area (Å²) in [4.78, 5) is 2.63. The van der Waals surface area contributed by atoms with Crippen LogP contribution in [0.25, 0.3) is 10.9 Å². The summed E-state index contributed by atoms with van der Waals surface area (Å²) < 4.78 is 2.45. The SMILES string of the molecule is CCC(N1CCNC(c2ccc(C)cc2)C1)n1ccc2ccccc21. The van der Waals surface area contributed by atoms with Crippen LogP contribution in [0.1, 0.15) is 36.7 Å². The largest absolute Gasteiger partial charge is 0.331 e. The third-order valence-corrected chi connectivity index (χ3v) is 5.42. The number of para-hydroxylation sites is 1. The van der Waals surface area contributed by atoms with E-state index < -0.39 is 0 Å². The Bertz CT molecular complexity index is 834.